The summed E-state index contributed by atoms with van der Waals surface area (Å²) in [4.78, 5) is 5.53. The Hall–Kier alpha value is -0.880. The molecule has 0 spiro atoms. The zero-order chi connectivity index (χ0) is 12.1. The van der Waals surface area contributed by atoms with E-state index in [0.29, 0.717) is 6.54 Å². The first-order valence-electron chi connectivity index (χ1n) is 5.43. The molecule has 17 heavy (non-hydrogen) atoms. The third-order valence-electron chi connectivity index (χ3n) is 2.31. The van der Waals surface area contributed by atoms with Gasteiger partial charge in [0.25, 0.3) is 0 Å². The molecule has 4 nitrogen and oxygen atoms in total. The van der Waals surface area contributed by atoms with Crippen LogP contribution in [0.4, 0.5) is 0 Å². The molecule has 2 aromatic heterocycles. The molecule has 2 aromatic rings. The van der Waals surface area contributed by atoms with Crippen LogP contribution in [-0.2, 0) is 19.6 Å². The Labute approximate surface area is 109 Å². The van der Waals surface area contributed by atoms with Crippen molar-refractivity contribution in [2.75, 3.05) is 6.54 Å². The largest absolute Gasteiger partial charge is 0.336 e. The van der Waals surface area contributed by atoms with Gasteiger partial charge in [-0.15, -0.1) is 11.3 Å². The Kier molecular flexibility index (Phi) is 4.56. The lowest BCUT2D eigenvalue weighted by atomic mass is 10.4. The molecule has 6 heteroatoms. The van der Waals surface area contributed by atoms with Crippen LogP contribution in [0, 0.1) is 0 Å². The summed E-state index contributed by atoms with van der Waals surface area (Å²) in [5.74, 6) is 0. The van der Waals surface area contributed by atoms with Crippen LogP contribution in [0.2, 0.25) is 4.34 Å². The average molecular weight is 271 g/mol. The van der Waals surface area contributed by atoms with E-state index in [1.807, 2.05) is 29.2 Å². The number of nitrogens with one attached hydrogen (secondary N) is 1. The summed E-state index contributed by atoms with van der Waals surface area (Å²) in [6, 6.07) is 3.95. The Morgan fingerprint density at radius 2 is 2.29 bits per heavy atom. The van der Waals surface area contributed by atoms with Crippen molar-refractivity contribution in [1.29, 1.82) is 0 Å². The summed E-state index contributed by atoms with van der Waals surface area (Å²) in [6.45, 7) is 3.03. The van der Waals surface area contributed by atoms with E-state index < -0.39 is 0 Å². The van der Waals surface area contributed by atoms with Crippen LogP contribution in [0.15, 0.2) is 24.7 Å². The molecular weight excluding hydrogens is 256 g/mol. The van der Waals surface area contributed by atoms with E-state index in [1.165, 1.54) is 4.88 Å². The summed E-state index contributed by atoms with van der Waals surface area (Å²) in [5, 5.41) is 3.33. The quantitative estimate of drug-likeness (QED) is 0.842. The summed E-state index contributed by atoms with van der Waals surface area (Å²) < 4.78 is 2.83. The average Bonchev–Trinajstić information content (AvgIpc) is 2.89. The molecule has 0 atom stereocenters. The number of aromatic nitrogens is 2. The molecule has 2 rings (SSSR count). The monoisotopic (exact) mass is 270 g/mol. The SMILES string of the molecule is NCCn1cnc(CNCc2ccc(Cl)s2)c1. The molecule has 0 aliphatic rings. The number of nitrogens with two attached hydrogens (primary N) is 1. The minimum absolute atomic E-state index is 0.636. The van der Waals surface area contributed by atoms with Gasteiger partial charge in [-0.25, -0.2) is 4.98 Å². The van der Waals surface area contributed by atoms with E-state index in [9.17, 15) is 0 Å². The van der Waals surface area contributed by atoms with E-state index in [4.69, 9.17) is 17.3 Å². The summed E-state index contributed by atoms with van der Waals surface area (Å²) in [5.41, 5.74) is 6.50. The van der Waals surface area contributed by atoms with Gasteiger partial charge in [0.2, 0.25) is 0 Å². The van der Waals surface area contributed by atoms with Crippen LogP contribution < -0.4 is 11.1 Å². The molecular formula is C11H15ClN4S. The first kappa shape index (κ1) is 12.6. The highest BCUT2D eigenvalue weighted by molar-refractivity contribution is 7.16. The van der Waals surface area contributed by atoms with Gasteiger partial charge >= 0.3 is 0 Å². The number of rotatable bonds is 6. The Bertz CT molecular complexity index is 465. The fourth-order valence-corrected chi connectivity index (χ4v) is 2.59. The summed E-state index contributed by atoms with van der Waals surface area (Å²) >= 11 is 7.45. The van der Waals surface area contributed by atoms with Crippen molar-refractivity contribution < 1.29 is 0 Å². The molecule has 0 unspecified atom stereocenters. The van der Waals surface area contributed by atoms with Gasteiger partial charge in [0.1, 0.15) is 0 Å². The Morgan fingerprint density at radius 1 is 1.41 bits per heavy atom. The van der Waals surface area contributed by atoms with E-state index >= 15 is 0 Å². The van der Waals surface area contributed by atoms with Gasteiger partial charge in [0.05, 0.1) is 16.4 Å². The smallest absolute Gasteiger partial charge is 0.0950 e. The third-order valence-corrected chi connectivity index (χ3v) is 3.54. The molecule has 0 saturated heterocycles. The number of hydrogen-bond acceptors (Lipinski definition) is 4. The minimum Gasteiger partial charge on any atom is -0.336 e. The summed E-state index contributed by atoms with van der Waals surface area (Å²) in [6.07, 6.45) is 3.83. The van der Waals surface area contributed by atoms with E-state index in [2.05, 4.69) is 10.3 Å². The maximum atomic E-state index is 5.86. The molecule has 0 radical (unpaired) electrons. The Balaban J connectivity index is 1.77. The van der Waals surface area contributed by atoms with Crippen LogP contribution in [0.5, 0.6) is 0 Å². The molecule has 0 bridgehead atoms. The minimum atomic E-state index is 0.636. The van der Waals surface area contributed by atoms with Crippen LogP contribution in [0.25, 0.3) is 0 Å². The second-order valence-electron chi connectivity index (χ2n) is 3.70. The standard InChI is InChI=1S/C11H15ClN4S/c12-11-2-1-10(17-11)6-14-5-9-7-16(4-3-13)8-15-9/h1-2,7-8,14H,3-6,13H2. The highest BCUT2D eigenvalue weighted by atomic mass is 35.5. The van der Waals surface area contributed by atoms with Gasteiger partial charge < -0.3 is 15.6 Å². The zero-order valence-corrected chi connectivity index (χ0v) is 11.0. The van der Waals surface area contributed by atoms with Crippen molar-refractivity contribution in [2.45, 2.75) is 19.6 Å². The first-order chi connectivity index (χ1) is 8.28. The maximum absolute atomic E-state index is 5.86. The normalized spacial score (nSPS) is 10.9. The van der Waals surface area contributed by atoms with Crippen molar-refractivity contribution in [3.63, 3.8) is 0 Å². The van der Waals surface area contributed by atoms with Gasteiger partial charge in [-0.05, 0) is 12.1 Å². The lowest BCUT2D eigenvalue weighted by Gasteiger charge is -2.00. The van der Waals surface area contributed by atoms with Crippen molar-refractivity contribution in [3.8, 4) is 0 Å². The van der Waals surface area contributed by atoms with Gasteiger partial charge in [-0.3, -0.25) is 0 Å². The van der Waals surface area contributed by atoms with Crippen molar-refractivity contribution in [2.24, 2.45) is 5.73 Å². The fraction of sp³-hybridized carbons (Fsp3) is 0.364. The lowest BCUT2D eigenvalue weighted by Crippen LogP contribution is -2.12. The van der Waals surface area contributed by atoms with E-state index in [1.54, 1.807) is 11.3 Å². The van der Waals surface area contributed by atoms with Crippen molar-refractivity contribution in [1.82, 2.24) is 14.9 Å². The van der Waals surface area contributed by atoms with Crippen LogP contribution >= 0.6 is 22.9 Å². The molecule has 0 saturated carbocycles. The highest BCUT2D eigenvalue weighted by Gasteiger charge is 2.00. The number of hydrogen-bond donors (Lipinski definition) is 2. The van der Waals surface area contributed by atoms with Gasteiger partial charge in [-0.2, -0.15) is 0 Å². The highest BCUT2D eigenvalue weighted by Crippen LogP contribution is 2.20. The van der Waals surface area contributed by atoms with Crippen molar-refractivity contribution in [3.05, 3.63) is 39.6 Å². The fourth-order valence-electron chi connectivity index (χ4n) is 1.53. The molecule has 0 aliphatic heterocycles. The Morgan fingerprint density at radius 3 is 3.00 bits per heavy atom. The second-order valence-corrected chi connectivity index (χ2v) is 5.50. The molecule has 0 aromatic carbocycles. The first-order valence-corrected chi connectivity index (χ1v) is 6.63. The van der Waals surface area contributed by atoms with Crippen molar-refractivity contribution >= 4 is 22.9 Å². The molecule has 2 heterocycles. The number of nitrogens with zero attached hydrogens (tertiary/aromatic N) is 2. The lowest BCUT2D eigenvalue weighted by molar-refractivity contribution is 0.683. The zero-order valence-electron chi connectivity index (χ0n) is 9.40. The van der Waals surface area contributed by atoms with Gasteiger partial charge in [0, 0.05) is 37.3 Å². The number of thiophene rings is 1. The number of imidazole rings is 1. The topological polar surface area (TPSA) is 55.9 Å². The van der Waals surface area contributed by atoms with Crippen LogP contribution in [0.1, 0.15) is 10.6 Å². The van der Waals surface area contributed by atoms with Gasteiger partial charge in [-0.1, -0.05) is 11.6 Å². The molecule has 92 valence electrons. The van der Waals surface area contributed by atoms with Gasteiger partial charge in [0.15, 0.2) is 0 Å². The van der Waals surface area contributed by atoms with Crippen LogP contribution in [-0.4, -0.2) is 16.1 Å². The van der Waals surface area contributed by atoms with E-state index in [0.717, 1.165) is 29.7 Å². The molecule has 0 amide bonds. The second kappa shape index (κ2) is 6.16. The predicted octanol–water partition coefficient (Wildman–Crippen LogP) is 1.85. The molecule has 0 fully saturated rings. The predicted molar refractivity (Wildman–Crippen MR) is 71.2 cm³/mol. The third kappa shape index (κ3) is 3.81. The van der Waals surface area contributed by atoms with Crippen LogP contribution in [0.3, 0.4) is 0 Å². The summed E-state index contributed by atoms with van der Waals surface area (Å²) in [7, 11) is 0. The number of halogens is 1. The maximum Gasteiger partial charge on any atom is 0.0950 e. The molecule has 3 N–H and O–H groups in total. The van der Waals surface area contributed by atoms with E-state index in [-0.39, 0.29) is 0 Å². The molecule has 0 aliphatic carbocycles.